The molecule has 0 spiro atoms. The Morgan fingerprint density at radius 3 is 2.76 bits per heavy atom. The third-order valence-corrected chi connectivity index (χ3v) is 2.87. The number of fused-ring (bicyclic) bond motifs is 1. The van der Waals surface area contributed by atoms with Crippen molar-refractivity contribution in [3.05, 3.63) is 29.6 Å². The van der Waals surface area contributed by atoms with Crippen molar-refractivity contribution in [2.45, 2.75) is 6.10 Å². The lowest BCUT2D eigenvalue weighted by Gasteiger charge is -2.19. The van der Waals surface area contributed by atoms with Gasteiger partial charge in [-0.05, 0) is 12.1 Å². The van der Waals surface area contributed by atoms with E-state index in [4.69, 9.17) is 11.6 Å². The minimum absolute atomic E-state index is 0.0248. The number of alkyl halides is 1. The number of amides is 1. The van der Waals surface area contributed by atoms with Crippen LogP contribution in [0.2, 0.25) is 0 Å². The maximum Gasteiger partial charge on any atom is 0.299 e. The van der Waals surface area contributed by atoms with E-state index in [0.717, 1.165) is 11.0 Å². The van der Waals surface area contributed by atoms with Crippen LogP contribution in [0.1, 0.15) is 10.4 Å². The van der Waals surface area contributed by atoms with E-state index >= 15 is 0 Å². The van der Waals surface area contributed by atoms with Crippen LogP contribution in [0.4, 0.5) is 10.1 Å². The molecule has 0 aliphatic carbocycles. The zero-order valence-electron chi connectivity index (χ0n) is 8.69. The first-order valence-corrected chi connectivity index (χ1v) is 5.48. The monoisotopic (exact) mass is 257 g/mol. The van der Waals surface area contributed by atoms with E-state index in [-0.39, 0.29) is 23.7 Å². The minimum Gasteiger partial charge on any atom is -0.390 e. The van der Waals surface area contributed by atoms with E-state index in [2.05, 4.69) is 0 Å². The predicted octanol–water partition coefficient (Wildman–Crippen LogP) is 0.955. The molecule has 2 rings (SSSR count). The summed E-state index contributed by atoms with van der Waals surface area (Å²) in [7, 11) is 0. The number of Topliss-reactive ketones (excluding diaryl/α,β-unsaturated/α-hetero) is 1. The molecule has 1 N–H and O–H groups in total. The quantitative estimate of drug-likeness (QED) is 0.648. The van der Waals surface area contributed by atoms with Crippen LogP contribution in [0, 0.1) is 5.82 Å². The summed E-state index contributed by atoms with van der Waals surface area (Å²) in [6, 6.07) is 3.90. The molecule has 0 radical (unpaired) electrons. The van der Waals surface area contributed by atoms with Crippen molar-refractivity contribution >= 4 is 29.0 Å². The third kappa shape index (κ3) is 1.92. The van der Waals surface area contributed by atoms with Gasteiger partial charge in [0.05, 0.1) is 29.8 Å². The Balaban J connectivity index is 2.43. The first-order valence-electron chi connectivity index (χ1n) is 4.95. The molecule has 4 nitrogen and oxygen atoms in total. The summed E-state index contributed by atoms with van der Waals surface area (Å²) in [6.45, 7) is -0.192. The van der Waals surface area contributed by atoms with Gasteiger partial charge in [0.25, 0.3) is 11.7 Å². The summed E-state index contributed by atoms with van der Waals surface area (Å²) in [5, 5.41) is 9.38. The molecule has 1 aromatic rings. The topological polar surface area (TPSA) is 57.6 Å². The number of halogens is 2. The van der Waals surface area contributed by atoms with Gasteiger partial charge in [-0.1, -0.05) is 6.07 Å². The number of benzene rings is 1. The van der Waals surface area contributed by atoms with Crippen molar-refractivity contribution in [3.63, 3.8) is 0 Å². The number of ketones is 1. The van der Waals surface area contributed by atoms with Crippen LogP contribution in [-0.4, -0.2) is 35.3 Å². The molecule has 0 saturated carbocycles. The second-order valence-electron chi connectivity index (χ2n) is 3.69. The fourth-order valence-corrected chi connectivity index (χ4v) is 1.84. The second kappa shape index (κ2) is 4.43. The lowest BCUT2D eigenvalue weighted by Crippen LogP contribution is -2.37. The normalized spacial score (nSPS) is 16.3. The first-order chi connectivity index (χ1) is 8.06. The highest BCUT2D eigenvalue weighted by atomic mass is 35.5. The minimum atomic E-state index is -1.00. The summed E-state index contributed by atoms with van der Waals surface area (Å²) in [4.78, 5) is 24.1. The van der Waals surface area contributed by atoms with Crippen molar-refractivity contribution in [1.82, 2.24) is 0 Å². The van der Waals surface area contributed by atoms with E-state index in [0.29, 0.717) is 0 Å². The van der Waals surface area contributed by atoms with Gasteiger partial charge >= 0.3 is 0 Å². The van der Waals surface area contributed by atoms with E-state index in [9.17, 15) is 19.1 Å². The van der Waals surface area contributed by atoms with Gasteiger partial charge in [0.2, 0.25) is 0 Å². The number of carbonyl (C=O) groups is 2. The van der Waals surface area contributed by atoms with E-state index in [1.807, 2.05) is 0 Å². The number of hydrogen-bond acceptors (Lipinski definition) is 3. The van der Waals surface area contributed by atoms with Crippen LogP contribution in [0.3, 0.4) is 0 Å². The molecular weight excluding hydrogens is 249 g/mol. The molecule has 6 heteroatoms. The number of nitrogens with zero attached hydrogens (tertiary/aromatic N) is 1. The van der Waals surface area contributed by atoms with Crippen molar-refractivity contribution in [3.8, 4) is 0 Å². The van der Waals surface area contributed by atoms with Crippen molar-refractivity contribution in [2.24, 2.45) is 0 Å². The Labute approximate surface area is 102 Å². The summed E-state index contributed by atoms with van der Waals surface area (Å²) in [5.74, 6) is -2.36. The zero-order chi connectivity index (χ0) is 12.6. The Morgan fingerprint density at radius 2 is 2.12 bits per heavy atom. The Bertz CT molecular complexity index is 492. The van der Waals surface area contributed by atoms with Crippen LogP contribution in [-0.2, 0) is 4.79 Å². The van der Waals surface area contributed by atoms with E-state index in [1.165, 1.54) is 12.1 Å². The number of hydrogen-bond donors (Lipinski definition) is 1. The highest BCUT2D eigenvalue weighted by molar-refractivity contribution is 6.52. The first kappa shape index (κ1) is 12.0. The van der Waals surface area contributed by atoms with E-state index < -0.39 is 23.6 Å². The number of aliphatic hydroxyl groups is 1. The number of para-hydroxylation sites is 1. The number of carbonyl (C=O) groups excluding carboxylic acids is 2. The maximum atomic E-state index is 13.6. The Hall–Kier alpha value is -1.46. The Kier molecular flexibility index (Phi) is 3.13. The van der Waals surface area contributed by atoms with Gasteiger partial charge in [0.1, 0.15) is 5.82 Å². The molecule has 1 aliphatic heterocycles. The van der Waals surface area contributed by atoms with Gasteiger partial charge in [-0.2, -0.15) is 0 Å². The van der Waals surface area contributed by atoms with Gasteiger partial charge in [-0.15, -0.1) is 11.6 Å². The van der Waals surface area contributed by atoms with Crippen molar-refractivity contribution in [2.75, 3.05) is 17.3 Å². The molecule has 1 unspecified atom stereocenters. The molecule has 0 bridgehead atoms. The molecule has 90 valence electrons. The third-order valence-electron chi connectivity index (χ3n) is 2.51. The smallest absolute Gasteiger partial charge is 0.299 e. The molecule has 1 aromatic carbocycles. The van der Waals surface area contributed by atoms with Crippen LogP contribution < -0.4 is 4.90 Å². The van der Waals surface area contributed by atoms with Gasteiger partial charge < -0.3 is 5.11 Å². The van der Waals surface area contributed by atoms with Gasteiger partial charge in [0, 0.05) is 0 Å². The molecule has 0 saturated heterocycles. The number of rotatable bonds is 3. The molecule has 1 heterocycles. The molecule has 0 fully saturated rings. The van der Waals surface area contributed by atoms with Gasteiger partial charge in [-0.3, -0.25) is 14.5 Å². The lowest BCUT2D eigenvalue weighted by molar-refractivity contribution is -0.114. The van der Waals surface area contributed by atoms with Crippen LogP contribution in [0.5, 0.6) is 0 Å². The van der Waals surface area contributed by atoms with Crippen molar-refractivity contribution < 1.29 is 19.1 Å². The number of anilines is 1. The van der Waals surface area contributed by atoms with Crippen molar-refractivity contribution in [1.29, 1.82) is 0 Å². The highest BCUT2D eigenvalue weighted by Gasteiger charge is 2.38. The summed E-state index contributed by atoms with van der Waals surface area (Å²) in [5.41, 5.74) is -0.0524. The summed E-state index contributed by atoms with van der Waals surface area (Å²) in [6.07, 6.45) is -1.00. The molecular formula is C11H9ClFNO3. The van der Waals surface area contributed by atoms with Crippen LogP contribution in [0.25, 0.3) is 0 Å². The number of β-amino-alcohol motifs (C(OH)–C–C–N with tert-alkyl or cyclic N) is 1. The molecule has 0 aromatic heterocycles. The van der Waals surface area contributed by atoms with Gasteiger partial charge in [-0.25, -0.2) is 4.39 Å². The molecule has 1 aliphatic rings. The fraction of sp³-hybridized carbons (Fsp3) is 0.273. The Morgan fingerprint density at radius 1 is 1.41 bits per heavy atom. The lowest BCUT2D eigenvalue weighted by atomic mass is 10.1. The second-order valence-corrected chi connectivity index (χ2v) is 4.00. The summed E-state index contributed by atoms with van der Waals surface area (Å²) < 4.78 is 13.6. The summed E-state index contributed by atoms with van der Waals surface area (Å²) >= 11 is 5.41. The molecule has 1 atom stereocenters. The van der Waals surface area contributed by atoms with E-state index in [1.54, 1.807) is 0 Å². The molecule has 17 heavy (non-hydrogen) atoms. The standard InChI is InChI=1S/C11H9ClFNO3/c12-4-6(15)5-14-9-7(10(16)11(14)17)2-1-3-8(9)13/h1-3,6,15H,4-5H2. The average molecular weight is 258 g/mol. The fourth-order valence-electron chi connectivity index (χ4n) is 1.75. The maximum absolute atomic E-state index is 13.6. The predicted molar refractivity (Wildman–Crippen MR) is 59.8 cm³/mol. The largest absolute Gasteiger partial charge is 0.390 e. The van der Waals surface area contributed by atoms with Gasteiger partial charge in [0.15, 0.2) is 0 Å². The SMILES string of the molecule is O=C1C(=O)N(CC(O)CCl)c2c(F)cccc21. The van der Waals surface area contributed by atoms with Crippen LogP contribution in [0.15, 0.2) is 18.2 Å². The molecule has 1 amide bonds. The highest BCUT2D eigenvalue weighted by Crippen LogP contribution is 2.31. The average Bonchev–Trinajstić information content (AvgIpc) is 2.56. The number of aliphatic hydroxyl groups excluding tert-OH is 1. The van der Waals surface area contributed by atoms with Crippen LogP contribution >= 0.6 is 11.6 Å². The zero-order valence-corrected chi connectivity index (χ0v) is 9.45.